The van der Waals surface area contributed by atoms with E-state index in [1.165, 1.54) is 5.56 Å². The smallest absolute Gasteiger partial charge is 0.221 e. The van der Waals surface area contributed by atoms with E-state index in [1.807, 2.05) is 31.3 Å². The quantitative estimate of drug-likeness (QED) is 0.737. The van der Waals surface area contributed by atoms with Gasteiger partial charge >= 0.3 is 0 Å². The van der Waals surface area contributed by atoms with Gasteiger partial charge in [0.05, 0.1) is 6.42 Å². The molecule has 0 saturated carbocycles. The van der Waals surface area contributed by atoms with Gasteiger partial charge in [0.15, 0.2) is 0 Å². The average Bonchev–Trinajstić information content (AvgIpc) is 2.49. The van der Waals surface area contributed by atoms with Gasteiger partial charge in [0.2, 0.25) is 5.91 Å². The lowest BCUT2D eigenvalue weighted by Crippen LogP contribution is -2.13. The molecule has 3 nitrogen and oxygen atoms in total. The van der Waals surface area contributed by atoms with E-state index in [0.29, 0.717) is 6.42 Å². The van der Waals surface area contributed by atoms with Crippen molar-refractivity contribution in [2.45, 2.75) is 13.3 Å². The van der Waals surface area contributed by atoms with Crippen molar-refractivity contribution in [1.29, 1.82) is 0 Å². The number of primary amides is 1. The van der Waals surface area contributed by atoms with Crippen molar-refractivity contribution in [3.05, 3.63) is 35.5 Å². The monoisotopic (exact) mass is 188 g/mol. The minimum atomic E-state index is -0.297. The van der Waals surface area contributed by atoms with E-state index in [-0.39, 0.29) is 5.91 Å². The first-order valence-corrected chi connectivity index (χ1v) is 4.52. The Balaban J connectivity index is 2.61. The minimum Gasteiger partial charge on any atom is -0.369 e. The number of aromatic amines is 1. The number of carbonyl (C=O) groups is 1. The van der Waals surface area contributed by atoms with E-state index in [1.54, 1.807) is 0 Å². The number of rotatable bonds is 2. The van der Waals surface area contributed by atoms with Gasteiger partial charge in [0.25, 0.3) is 0 Å². The Kier molecular flexibility index (Phi) is 2.00. The molecule has 1 amide bonds. The Labute approximate surface area is 81.9 Å². The van der Waals surface area contributed by atoms with Crippen molar-refractivity contribution in [3.8, 4) is 0 Å². The van der Waals surface area contributed by atoms with Gasteiger partial charge < -0.3 is 10.7 Å². The number of nitrogens with two attached hydrogens (primary N) is 1. The molecule has 1 heterocycles. The molecular weight excluding hydrogens is 176 g/mol. The molecule has 0 spiro atoms. The van der Waals surface area contributed by atoms with E-state index in [0.717, 1.165) is 16.5 Å². The molecule has 0 fully saturated rings. The number of benzene rings is 1. The summed E-state index contributed by atoms with van der Waals surface area (Å²) in [5.41, 5.74) is 8.37. The highest BCUT2D eigenvalue weighted by molar-refractivity contribution is 5.90. The van der Waals surface area contributed by atoms with Crippen molar-refractivity contribution in [3.63, 3.8) is 0 Å². The molecule has 0 radical (unpaired) electrons. The number of amides is 1. The Morgan fingerprint density at radius 2 is 2.29 bits per heavy atom. The summed E-state index contributed by atoms with van der Waals surface area (Å²) in [6, 6.07) is 6.01. The fraction of sp³-hybridized carbons (Fsp3) is 0.182. The summed E-state index contributed by atoms with van der Waals surface area (Å²) >= 11 is 0. The number of carbonyl (C=O) groups excluding carboxylic acids is 1. The third-order valence-electron chi connectivity index (χ3n) is 2.36. The predicted octanol–water partition coefficient (Wildman–Crippen LogP) is 1.50. The third-order valence-corrected chi connectivity index (χ3v) is 2.36. The fourth-order valence-electron chi connectivity index (χ4n) is 1.78. The number of aryl methyl sites for hydroxylation is 1. The van der Waals surface area contributed by atoms with Crippen LogP contribution < -0.4 is 5.73 Å². The van der Waals surface area contributed by atoms with Crippen LogP contribution in [0.4, 0.5) is 0 Å². The van der Waals surface area contributed by atoms with Crippen LogP contribution in [0.3, 0.4) is 0 Å². The van der Waals surface area contributed by atoms with Crippen LogP contribution in [0.5, 0.6) is 0 Å². The van der Waals surface area contributed by atoms with Crippen LogP contribution >= 0.6 is 0 Å². The summed E-state index contributed by atoms with van der Waals surface area (Å²) < 4.78 is 0. The predicted molar refractivity (Wildman–Crippen MR) is 55.9 cm³/mol. The minimum absolute atomic E-state index is 0.296. The SMILES string of the molecule is Cc1cccc2[nH]cc(CC(N)=O)c12. The van der Waals surface area contributed by atoms with E-state index >= 15 is 0 Å². The number of aromatic nitrogens is 1. The molecular formula is C11H12N2O. The molecule has 0 saturated heterocycles. The highest BCUT2D eigenvalue weighted by Gasteiger charge is 2.07. The Morgan fingerprint density at radius 3 is 3.00 bits per heavy atom. The molecule has 2 aromatic rings. The molecule has 1 aromatic carbocycles. The lowest BCUT2D eigenvalue weighted by molar-refractivity contribution is -0.117. The maximum Gasteiger partial charge on any atom is 0.221 e. The number of hydrogen-bond donors (Lipinski definition) is 2. The van der Waals surface area contributed by atoms with Crippen LogP contribution in [0.25, 0.3) is 10.9 Å². The second kappa shape index (κ2) is 3.18. The van der Waals surface area contributed by atoms with Crippen LogP contribution in [0.2, 0.25) is 0 Å². The Bertz CT molecular complexity index is 485. The van der Waals surface area contributed by atoms with Gasteiger partial charge in [-0.15, -0.1) is 0 Å². The van der Waals surface area contributed by atoms with Gasteiger partial charge in [-0.25, -0.2) is 0 Å². The molecule has 72 valence electrons. The van der Waals surface area contributed by atoms with E-state index in [9.17, 15) is 4.79 Å². The molecule has 0 aliphatic carbocycles. The van der Waals surface area contributed by atoms with E-state index < -0.39 is 0 Å². The maximum atomic E-state index is 10.8. The largest absolute Gasteiger partial charge is 0.369 e. The van der Waals surface area contributed by atoms with Crippen molar-refractivity contribution in [1.82, 2.24) is 4.98 Å². The fourth-order valence-corrected chi connectivity index (χ4v) is 1.78. The van der Waals surface area contributed by atoms with Crippen LogP contribution in [0, 0.1) is 6.92 Å². The summed E-state index contributed by atoms with van der Waals surface area (Å²) in [5.74, 6) is -0.297. The van der Waals surface area contributed by atoms with Crippen molar-refractivity contribution in [2.24, 2.45) is 5.73 Å². The lowest BCUT2D eigenvalue weighted by atomic mass is 10.1. The zero-order chi connectivity index (χ0) is 10.1. The molecule has 0 aliphatic rings. The van der Waals surface area contributed by atoms with E-state index in [4.69, 9.17) is 5.73 Å². The summed E-state index contributed by atoms with van der Waals surface area (Å²) in [4.78, 5) is 14.0. The molecule has 1 aromatic heterocycles. The normalized spacial score (nSPS) is 10.6. The van der Waals surface area contributed by atoms with Crippen LogP contribution in [-0.4, -0.2) is 10.9 Å². The van der Waals surface area contributed by atoms with Gasteiger partial charge in [0.1, 0.15) is 0 Å². The van der Waals surface area contributed by atoms with Crippen LogP contribution in [-0.2, 0) is 11.2 Å². The molecule has 0 aliphatic heterocycles. The van der Waals surface area contributed by atoms with Crippen LogP contribution in [0.15, 0.2) is 24.4 Å². The van der Waals surface area contributed by atoms with Gasteiger partial charge in [0, 0.05) is 17.1 Å². The molecule has 14 heavy (non-hydrogen) atoms. The highest BCUT2D eigenvalue weighted by Crippen LogP contribution is 2.22. The van der Waals surface area contributed by atoms with Gasteiger partial charge in [-0.3, -0.25) is 4.79 Å². The number of nitrogens with one attached hydrogen (secondary N) is 1. The molecule has 2 rings (SSSR count). The van der Waals surface area contributed by atoms with Gasteiger partial charge in [-0.2, -0.15) is 0 Å². The van der Waals surface area contributed by atoms with Crippen molar-refractivity contribution >= 4 is 16.8 Å². The summed E-state index contributed by atoms with van der Waals surface area (Å²) in [6.07, 6.45) is 2.15. The standard InChI is InChI=1S/C11H12N2O/c1-7-3-2-4-9-11(7)8(6-13-9)5-10(12)14/h2-4,6,13H,5H2,1H3,(H2,12,14). The summed E-state index contributed by atoms with van der Waals surface area (Å²) in [5, 5.41) is 1.12. The third kappa shape index (κ3) is 1.37. The lowest BCUT2D eigenvalue weighted by Gasteiger charge is -1.98. The number of H-pyrrole nitrogens is 1. The first-order valence-electron chi connectivity index (χ1n) is 4.52. The van der Waals surface area contributed by atoms with E-state index in [2.05, 4.69) is 4.98 Å². The summed E-state index contributed by atoms with van der Waals surface area (Å²) in [7, 11) is 0. The molecule has 3 heteroatoms. The topological polar surface area (TPSA) is 58.9 Å². The zero-order valence-corrected chi connectivity index (χ0v) is 8.00. The second-order valence-electron chi connectivity index (χ2n) is 3.45. The molecule has 0 bridgehead atoms. The van der Waals surface area contributed by atoms with Crippen molar-refractivity contribution < 1.29 is 4.79 Å². The van der Waals surface area contributed by atoms with Gasteiger partial charge in [-0.05, 0) is 24.1 Å². The van der Waals surface area contributed by atoms with Gasteiger partial charge in [-0.1, -0.05) is 12.1 Å². The molecule has 0 atom stereocenters. The number of hydrogen-bond acceptors (Lipinski definition) is 1. The number of fused-ring (bicyclic) bond motifs is 1. The molecule has 3 N–H and O–H groups in total. The molecule has 0 unspecified atom stereocenters. The highest BCUT2D eigenvalue weighted by atomic mass is 16.1. The average molecular weight is 188 g/mol. The van der Waals surface area contributed by atoms with Crippen LogP contribution in [0.1, 0.15) is 11.1 Å². The second-order valence-corrected chi connectivity index (χ2v) is 3.45. The van der Waals surface area contributed by atoms with Crippen molar-refractivity contribution in [2.75, 3.05) is 0 Å². The maximum absolute atomic E-state index is 10.8. The first-order chi connectivity index (χ1) is 6.68. The Morgan fingerprint density at radius 1 is 1.50 bits per heavy atom. The zero-order valence-electron chi connectivity index (χ0n) is 8.00. The first kappa shape index (κ1) is 8.81. The Hall–Kier alpha value is -1.77. The summed E-state index contributed by atoms with van der Waals surface area (Å²) in [6.45, 7) is 2.03.